The molecule has 0 fully saturated rings. The molecule has 0 heterocycles. The minimum absolute atomic E-state index is 0.147. The van der Waals surface area contributed by atoms with E-state index in [1.54, 1.807) is 12.1 Å². The van der Waals surface area contributed by atoms with E-state index < -0.39 is 5.54 Å². The van der Waals surface area contributed by atoms with Crippen molar-refractivity contribution in [2.45, 2.75) is 31.3 Å². The van der Waals surface area contributed by atoms with E-state index in [1.165, 1.54) is 4.46 Å². The monoisotopic (exact) mass is 393 g/mol. The molecule has 0 radical (unpaired) electrons. The third-order valence-electron chi connectivity index (χ3n) is 3.66. The summed E-state index contributed by atoms with van der Waals surface area (Å²) in [7, 11) is 0. The molecule has 0 aliphatic heterocycles. The van der Waals surface area contributed by atoms with Gasteiger partial charge >= 0.3 is 149 Å². The molecule has 0 aliphatic carbocycles. The maximum absolute atomic E-state index is 12.5. The zero-order valence-corrected chi connectivity index (χ0v) is 15.7. The van der Waals surface area contributed by atoms with Gasteiger partial charge in [-0.15, -0.1) is 0 Å². The Hall–Kier alpha value is -1.81. The van der Waals surface area contributed by atoms with Gasteiger partial charge in [-0.3, -0.25) is 0 Å². The summed E-state index contributed by atoms with van der Waals surface area (Å²) in [5.41, 5.74) is -0.0195. The summed E-state index contributed by atoms with van der Waals surface area (Å²) >= 11 is 0.147. The first-order valence-corrected chi connectivity index (χ1v) is 9.99. The van der Waals surface area contributed by atoms with Crippen LogP contribution in [0.4, 0.5) is 0 Å². The van der Waals surface area contributed by atoms with Crippen LogP contribution in [0.1, 0.15) is 19.4 Å². The Morgan fingerprint density at radius 2 is 1.83 bits per heavy atom. The molecule has 128 valence electrons. The van der Waals surface area contributed by atoms with E-state index in [2.05, 4.69) is 17.4 Å². The van der Waals surface area contributed by atoms with E-state index in [0.29, 0.717) is 18.5 Å². The van der Waals surface area contributed by atoms with Crippen LogP contribution in [-0.4, -0.2) is 38.2 Å². The molecule has 2 N–H and O–H groups in total. The minimum atomic E-state index is -0.784. The van der Waals surface area contributed by atoms with Crippen molar-refractivity contribution in [3.8, 4) is 5.75 Å². The van der Waals surface area contributed by atoms with E-state index >= 15 is 0 Å². The van der Waals surface area contributed by atoms with E-state index in [1.807, 2.05) is 44.2 Å². The van der Waals surface area contributed by atoms with Gasteiger partial charge in [0.05, 0.1) is 0 Å². The van der Waals surface area contributed by atoms with E-state index in [0.717, 1.165) is 5.56 Å². The molecule has 0 amide bonds. The quantitative estimate of drug-likeness (QED) is 0.535. The fraction of sp³-hybridized carbons (Fsp3) is 0.316. The summed E-state index contributed by atoms with van der Waals surface area (Å²) < 4.78 is 6.50. The Kier molecular flexibility index (Phi) is 6.85. The molecule has 0 saturated heterocycles. The number of ether oxygens (including phenoxy) is 1. The van der Waals surface area contributed by atoms with Crippen LogP contribution in [0.5, 0.6) is 5.75 Å². The van der Waals surface area contributed by atoms with Crippen LogP contribution < -0.4 is 9.78 Å². The molecule has 0 aliphatic rings. The summed E-state index contributed by atoms with van der Waals surface area (Å²) in [6, 6.07) is 17.3. The first-order valence-electron chi connectivity index (χ1n) is 7.92. The van der Waals surface area contributed by atoms with Crippen LogP contribution in [0.25, 0.3) is 0 Å². The number of carbonyl (C=O) groups is 1. The first kappa shape index (κ1) is 18.5. The molecule has 0 spiro atoms. The van der Waals surface area contributed by atoms with Gasteiger partial charge in [0.15, 0.2) is 0 Å². The van der Waals surface area contributed by atoms with Crippen molar-refractivity contribution < 1.29 is 14.6 Å². The average molecular weight is 392 g/mol. The van der Waals surface area contributed by atoms with Gasteiger partial charge in [-0.2, -0.15) is 0 Å². The fourth-order valence-corrected chi connectivity index (χ4v) is 4.32. The predicted octanol–water partition coefficient (Wildman–Crippen LogP) is 2.25. The SMILES string of the molecule is CCOC(=O)C(C)(C[Se]c1ccccc1)NCc1ccccc1O. The second-order valence-electron chi connectivity index (χ2n) is 5.64. The number of phenolic OH excluding ortho intramolecular Hbond substituents is 1. The molecule has 0 saturated carbocycles. The van der Waals surface area contributed by atoms with Crippen LogP contribution in [0.15, 0.2) is 54.6 Å². The Labute approximate surface area is 149 Å². The van der Waals surface area contributed by atoms with Crippen LogP contribution >= 0.6 is 0 Å². The molecule has 0 bridgehead atoms. The summed E-state index contributed by atoms with van der Waals surface area (Å²) in [6.07, 6.45) is 0. The molecular weight excluding hydrogens is 369 g/mol. The average Bonchev–Trinajstić information content (AvgIpc) is 2.60. The molecule has 2 rings (SSSR count). The zero-order valence-electron chi connectivity index (χ0n) is 14.0. The molecule has 2 aromatic carbocycles. The fourth-order valence-electron chi connectivity index (χ4n) is 2.17. The maximum atomic E-state index is 12.5. The third kappa shape index (κ3) is 5.10. The Morgan fingerprint density at radius 1 is 1.17 bits per heavy atom. The number of para-hydroxylation sites is 1. The number of nitrogens with one attached hydrogen (secondary N) is 1. The number of aromatic hydroxyl groups is 1. The van der Waals surface area contributed by atoms with Crippen LogP contribution in [-0.2, 0) is 16.1 Å². The standard InChI is InChI=1S/C19H23NO3Se/c1-3-23-18(22)19(2,14-24-16-10-5-4-6-11-16)20-13-15-9-7-8-12-17(15)21/h4-12,20-21H,3,13-14H2,1-2H3. The van der Waals surface area contributed by atoms with Gasteiger partial charge in [0.1, 0.15) is 0 Å². The van der Waals surface area contributed by atoms with Crippen LogP contribution in [0, 0.1) is 0 Å². The molecule has 4 nitrogen and oxygen atoms in total. The number of hydrogen-bond acceptors (Lipinski definition) is 4. The number of hydrogen-bond donors (Lipinski definition) is 2. The second-order valence-corrected chi connectivity index (χ2v) is 7.84. The van der Waals surface area contributed by atoms with Crippen molar-refractivity contribution >= 4 is 25.4 Å². The van der Waals surface area contributed by atoms with Crippen molar-refractivity contribution in [3.05, 3.63) is 60.2 Å². The van der Waals surface area contributed by atoms with Gasteiger partial charge in [0.25, 0.3) is 0 Å². The Balaban J connectivity index is 2.08. The Bertz CT molecular complexity index is 663. The molecule has 1 atom stereocenters. The number of phenols is 1. The normalized spacial score (nSPS) is 13.2. The van der Waals surface area contributed by atoms with E-state index in [9.17, 15) is 9.90 Å². The number of esters is 1. The van der Waals surface area contributed by atoms with Gasteiger partial charge in [0.2, 0.25) is 0 Å². The molecule has 2 aromatic rings. The summed E-state index contributed by atoms with van der Waals surface area (Å²) in [5, 5.41) is 13.9. The van der Waals surface area contributed by atoms with Crippen LogP contribution in [0.2, 0.25) is 5.32 Å². The molecule has 0 aromatic heterocycles. The van der Waals surface area contributed by atoms with Crippen LogP contribution in [0.3, 0.4) is 0 Å². The van der Waals surface area contributed by atoms with Crippen molar-refractivity contribution in [1.29, 1.82) is 0 Å². The zero-order chi connectivity index (χ0) is 17.4. The summed E-state index contributed by atoms with van der Waals surface area (Å²) in [5.74, 6) is -0.0250. The van der Waals surface area contributed by atoms with Gasteiger partial charge in [-0.05, 0) is 0 Å². The molecular formula is C19H23NO3Se. The van der Waals surface area contributed by atoms with Crippen molar-refractivity contribution in [2.75, 3.05) is 6.61 Å². The third-order valence-corrected chi connectivity index (χ3v) is 6.44. The van der Waals surface area contributed by atoms with Gasteiger partial charge in [-0.1, -0.05) is 0 Å². The number of rotatable bonds is 8. The second kappa shape index (κ2) is 8.88. The Morgan fingerprint density at radius 3 is 2.50 bits per heavy atom. The summed E-state index contributed by atoms with van der Waals surface area (Å²) in [4.78, 5) is 12.5. The van der Waals surface area contributed by atoms with E-state index in [4.69, 9.17) is 4.74 Å². The topological polar surface area (TPSA) is 58.6 Å². The molecule has 1 unspecified atom stereocenters. The van der Waals surface area contributed by atoms with Crippen molar-refractivity contribution in [2.24, 2.45) is 0 Å². The molecule has 5 heteroatoms. The van der Waals surface area contributed by atoms with Crippen molar-refractivity contribution in [1.82, 2.24) is 5.32 Å². The summed E-state index contributed by atoms with van der Waals surface area (Å²) in [6.45, 7) is 4.44. The molecule has 24 heavy (non-hydrogen) atoms. The van der Waals surface area contributed by atoms with E-state index in [-0.39, 0.29) is 26.7 Å². The van der Waals surface area contributed by atoms with Gasteiger partial charge in [-0.25, -0.2) is 0 Å². The number of benzene rings is 2. The van der Waals surface area contributed by atoms with Gasteiger partial charge in [0, 0.05) is 0 Å². The van der Waals surface area contributed by atoms with Gasteiger partial charge < -0.3 is 0 Å². The predicted molar refractivity (Wildman–Crippen MR) is 96.6 cm³/mol. The number of carbonyl (C=O) groups excluding carboxylic acids is 1. The van der Waals surface area contributed by atoms with Crippen molar-refractivity contribution in [3.63, 3.8) is 0 Å². The first-order chi connectivity index (χ1) is 11.5.